The van der Waals surface area contributed by atoms with E-state index in [0.717, 1.165) is 6.07 Å². The van der Waals surface area contributed by atoms with Crippen LogP contribution in [0.1, 0.15) is 0 Å². The van der Waals surface area contributed by atoms with Crippen molar-refractivity contribution in [1.29, 1.82) is 0 Å². The maximum Gasteiger partial charge on any atom is 0.293 e. The van der Waals surface area contributed by atoms with Crippen molar-refractivity contribution in [3.8, 4) is 0 Å². The van der Waals surface area contributed by atoms with E-state index in [4.69, 9.17) is 19.3 Å². The van der Waals surface area contributed by atoms with E-state index in [1.807, 2.05) is 0 Å². The lowest BCUT2D eigenvalue weighted by atomic mass is 10.1. The van der Waals surface area contributed by atoms with E-state index < -0.39 is 26.2 Å². The molecule has 3 N–H and O–H groups in total. The van der Waals surface area contributed by atoms with E-state index in [9.17, 15) is 18.5 Å². The molecule has 1 fully saturated rings. The maximum absolute atomic E-state index is 11.3. The van der Waals surface area contributed by atoms with Gasteiger partial charge in [0, 0.05) is 19.7 Å². The van der Waals surface area contributed by atoms with Gasteiger partial charge < -0.3 is 19.5 Å². The first kappa shape index (κ1) is 18.5. The molecule has 1 aliphatic heterocycles. The van der Waals surface area contributed by atoms with E-state index in [2.05, 4.69) is 5.32 Å². The van der Waals surface area contributed by atoms with Gasteiger partial charge in [0.05, 0.1) is 36.2 Å². The number of hydrogen-bond acceptors (Lipinski definition) is 8. The molecule has 0 amide bonds. The van der Waals surface area contributed by atoms with Gasteiger partial charge in [0.15, 0.2) is 0 Å². The van der Waals surface area contributed by atoms with E-state index in [0.29, 0.717) is 13.2 Å². The number of nitro groups is 1. The minimum atomic E-state index is -4.03. The Morgan fingerprint density at radius 2 is 2.00 bits per heavy atom. The highest BCUT2D eigenvalue weighted by Gasteiger charge is 2.33. The van der Waals surface area contributed by atoms with Gasteiger partial charge in [-0.15, -0.1) is 0 Å². The summed E-state index contributed by atoms with van der Waals surface area (Å²) >= 11 is 0. The van der Waals surface area contributed by atoms with Crippen LogP contribution in [-0.2, 0) is 24.2 Å². The van der Waals surface area contributed by atoms with Gasteiger partial charge >= 0.3 is 0 Å². The van der Waals surface area contributed by atoms with Crippen LogP contribution >= 0.6 is 0 Å². The van der Waals surface area contributed by atoms with Gasteiger partial charge in [-0.25, -0.2) is 13.6 Å². The summed E-state index contributed by atoms with van der Waals surface area (Å²) in [5.74, 6) is 0. The SMILES string of the molecule is COC1(CNc2ccc(S(N)(=O)=O)cc2[N+](=O)[O-])COCCOC1. The largest absolute Gasteiger partial charge is 0.376 e. The van der Waals surface area contributed by atoms with Crippen LogP contribution in [0.2, 0.25) is 0 Å². The van der Waals surface area contributed by atoms with Crippen LogP contribution in [0.15, 0.2) is 23.1 Å². The Kier molecular flexibility index (Phi) is 5.72. The number of sulfonamides is 1. The van der Waals surface area contributed by atoms with Gasteiger partial charge in [-0.05, 0) is 12.1 Å². The lowest BCUT2D eigenvalue weighted by molar-refractivity contribution is -0.384. The molecule has 0 saturated carbocycles. The molecule has 24 heavy (non-hydrogen) atoms. The summed E-state index contributed by atoms with van der Waals surface area (Å²) < 4.78 is 39.0. The normalized spacial score (nSPS) is 17.9. The fourth-order valence-corrected chi connectivity index (χ4v) is 2.75. The monoisotopic (exact) mass is 361 g/mol. The Hall–Kier alpha value is -1.79. The number of hydrogen-bond donors (Lipinski definition) is 2. The molecular weight excluding hydrogens is 342 g/mol. The van der Waals surface area contributed by atoms with E-state index in [1.165, 1.54) is 19.2 Å². The second-order valence-electron chi connectivity index (χ2n) is 5.33. The fraction of sp³-hybridized carbons (Fsp3) is 0.538. The van der Waals surface area contributed by atoms with Crippen molar-refractivity contribution < 1.29 is 27.6 Å². The second-order valence-corrected chi connectivity index (χ2v) is 6.89. The summed E-state index contributed by atoms with van der Waals surface area (Å²) in [5, 5.41) is 19.1. The van der Waals surface area contributed by atoms with Crippen LogP contribution in [0, 0.1) is 10.1 Å². The zero-order chi connectivity index (χ0) is 17.8. The second kappa shape index (κ2) is 7.40. The average molecular weight is 361 g/mol. The molecular formula is C13H19N3O7S. The third kappa shape index (κ3) is 4.39. The standard InChI is InChI=1S/C13H19N3O7S/c1-21-13(8-22-4-5-23-9-13)7-15-11-3-2-10(24(14,19)20)6-12(11)16(17)18/h2-3,6,15H,4-5,7-9H2,1H3,(H2,14,19,20). The van der Waals surface area contributed by atoms with Gasteiger partial charge in [0.2, 0.25) is 10.0 Å². The first-order chi connectivity index (χ1) is 11.3. The highest BCUT2D eigenvalue weighted by molar-refractivity contribution is 7.89. The first-order valence-corrected chi connectivity index (χ1v) is 8.58. The van der Waals surface area contributed by atoms with E-state index >= 15 is 0 Å². The Balaban J connectivity index is 2.23. The zero-order valence-electron chi connectivity index (χ0n) is 13.1. The molecule has 0 atom stereocenters. The maximum atomic E-state index is 11.3. The molecule has 0 spiro atoms. The Morgan fingerprint density at radius 3 is 2.50 bits per heavy atom. The molecule has 0 aliphatic carbocycles. The van der Waals surface area contributed by atoms with Crippen LogP contribution in [0.25, 0.3) is 0 Å². The number of rotatable bonds is 6. The number of nitro benzene ring substituents is 1. The predicted octanol–water partition coefficient (Wildman–Crippen LogP) is 0.0861. The summed E-state index contributed by atoms with van der Waals surface area (Å²) in [4.78, 5) is 10.2. The molecule has 1 aliphatic rings. The molecule has 2 rings (SSSR count). The van der Waals surface area contributed by atoms with Crippen LogP contribution < -0.4 is 10.5 Å². The number of nitrogens with zero attached hydrogens (tertiary/aromatic N) is 1. The molecule has 1 heterocycles. The van der Waals surface area contributed by atoms with Gasteiger partial charge in [-0.3, -0.25) is 10.1 Å². The van der Waals surface area contributed by atoms with Crippen molar-refractivity contribution in [3.63, 3.8) is 0 Å². The first-order valence-electron chi connectivity index (χ1n) is 7.03. The average Bonchev–Trinajstić information content (AvgIpc) is 2.78. The minimum Gasteiger partial charge on any atom is -0.376 e. The Bertz CT molecular complexity index is 700. The summed E-state index contributed by atoms with van der Waals surface area (Å²) in [5.41, 5.74) is -1.06. The molecule has 10 nitrogen and oxygen atoms in total. The van der Waals surface area contributed by atoms with Crippen LogP contribution in [0.3, 0.4) is 0 Å². The quantitative estimate of drug-likeness (QED) is 0.536. The summed E-state index contributed by atoms with van der Waals surface area (Å²) in [6.45, 7) is 1.58. The minimum absolute atomic E-state index is 0.146. The van der Waals surface area contributed by atoms with Crippen molar-refractivity contribution in [1.82, 2.24) is 0 Å². The Labute approximate surface area is 139 Å². The molecule has 1 aromatic rings. The highest BCUT2D eigenvalue weighted by atomic mass is 32.2. The summed E-state index contributed by atoms with van der Waals surface area (Å²) in [6, 6.07) is 3.40. The Morgan fingerprint density at radius 1 is 1.38 bits per heavy atom. The number of nitrogens with one attached hydrogen (secondary N) is 1. The van der Waals surface area contributed by atoms with Gasteiger partial charge in [-0.2, -0.15) is 0 Å². The van der Waals surface area contributed by atoms with Crippen LogP contribution in [-0.4, -0.2) is 59.0 Å². The summed E-state index contributed by atoms with van der Waals surface area (Å²) in [6.07, 6.45) is 0. The van der Waals surface area contributed by atoms with Crippen molar-refractivity contribution in [2.75, 3.05) is 45.4 Å². The number of nitrogens with two attached hydrogens (primary N) is 1. The molecule has 1 aromatic carbocycles. The smallest absolute Gasteiger partial charge is 0.293 e. The number of primary sulfonamides is 1. The van der Waals surface area contributed by atoms with E-state index in [-0.39, 0.29) is 30.3 Å². The van der Waals surface area contributed by atoms with Crippen LogP contribution in [0.4, 0.5) is 11.4 Å². The van der Waals surface area contributed by atoms with Crippen LogP contribution in [0.5, 0.6) is 0 Å². The third-order valence-electron chi connectivity index (χ3n) is 3.63. The lowest BCUT2D eigenvalue weighted by Crippen LogP contribution is -2.46. The van der Waals surface area contributed by atoms with Gasteiger partial charge in [0.25, 0.3) is 5.69 Å². The van der Waals surface area contributed by atoms with Crippen molar-refractivity contribution in [2.45, 2.75) is 10.5 Å². The fourth-order valence-electron chi connectivity index (χ4n) is 2.21. The van der Waals surface area contributed by atoms with Crippen molar-refractivity contribution in [3.05, 3.63) is 28.3 Å². The number of methoxy groups -OCH3 is 1. The van der Waals surface area contributed by atoms with Gasteiger partial charge in [0.1, 0.15) is 11.3 Å². The highest BCUT2D eigenvalue weighted by Crippen LogP contribution is 2.28. The van der Waals surface area contributed by atoms with Crippen molar-refractivity contribution >= 4 is 21.4 Å². The third-order valence-corrected chi connectivity index (χ3v) is 4.54. The van der Waals surface area contributed by atoms with Crippen molar-refractivity contribution in [2.24, 2.45) is 5.14 Å². The topological polar surface area (TPSA) is 143 Å². The molecule has 0 unspecified atom stereocenters. The van der Waals surface area contributed by atoms with Gasteiger partial charge in [-0.1, -0.05) is 0 Å². The predicted molar refractivity (Wildman–Crippen MR) is 84.3 cm³/mol. The number of benzene rings is 1. The molecule has 134 valence electrons. The van der Waals surface area contributed by atoms with E-state index in [1.54, 1.807) is 0 Å². The molecule has 11 heteroatoms. The zero-order valence-corrected chi connectivity index (χ0v) is 13.9. The molecule has 0 radical (unpaired) electrons. The number of ether oxygens (including phenoxy) is 3. The molecule has 1 saturated heterocycles. The summed E-state index contributed by atoms with van der Waals surface area (Å²) in [7, 11) is -2.53. The molecule has 0 aromatic heterocycles. The molecule has 0 bridgehead atoms. The number of anilines is 1. The lowest BCUT2D eigenvalue weighted by Gasteiger charge is -2.30.